The second-order valence-corrected chi connectivity index (χ2v) is 11.9. The van der Waals surface area contributed by atoms with Crippen LogP contribution < -0.4 is 10.6 Å². The molecule has 4 fully saturated rings. The summed E-state index contributed by atoms with van der Waals surface area (Å²) in [6.45, 7) is 4.30. The van der Waals surface area contributed by atoms with Crippen molar-refractivity contribution in [2.24, 2.45) is 41.4 Å². The summed E-state index contributed by atoms with van der Waals surface area (Å²) < 4.78 is 0. The number of hydrogen-bond acceptors (Lipinski definition) is 7. The molecule has 2 bridgehead atoms. The van der Waals surface area contributed by atoms with E-state index in [1.165, 1.54) is 12.2 Å². The minimum atomic E-state index is -1.22. The number of hydrogen-bond donors (Lipinski definition) is 5. The molecule has 9 heteroatoms. The first kappa shape index (κ1) is 26.8. The maximum absolute atomic E-state index is 13.6. The number of aliphatic hydroxyl groups excluding tert-OH is 2. The Morgan fingerprint density at radius 2 is 1.87 bits per heavy atom. The quantitative estimate of drug-likeness (QED) is 0.325. The molecule has 10 atom stereocenters. The predicted octanol–water partition coefficient (Wildman–Crippen LogP) is 1.50. The fraction of sp³-hybridized carbons (Fsp3) is 0.655. The highest BCUT2D eigenvalue weighted by molar-refractivity contribution is 6.27. The van der Waals surface area contributed by atoms with Crippen LogP contribution in [-0.2, 0) is 19.2 Å². The lowest BCUT2D eigenvalue weighted by Crippen LogP contribution is -2.51. The maximum atomic E-state index is 13.6. The zero-order valence-corrected chi connectivity index (χ0v) is 21.9. The molecule has 3 saturated carbocycles. The van der Waals surface area contributed by atoms with Gasteiger partial charge in [-0.2, -0.15) is 0 Å². The van der Waals surface area contributed by atoms with E-state index < -0.39 is 46.7 Å². The molecule has 5 aliphatic rings. The molecule has 5 N–H and O–H groups in total. The monoisotopic (exact) mass is 526 g/mol. The molecular weight excluding hydrogens is 488 g/mol. The molecule has 206 valence electrons. The average Bonchev–Trinajstić information content (AvgIpc) is 3.43. The number of allylic oxidation sites excluding steroid dienone is 3. The van der Waals surface area contributed by atoms with Crippen molar-refractivity contribution in [2.75, 3.05) is 6.54 Å². The van der Waals surface area contributed by atoms with Gasteiger partial charge in [-0.05, 0) is 73.3 Å². The van der Waals surface area contributed by atoms with Crippen LogP contribution in [0.5, 0.6) is 0 Å². The van der Waals surface area contributed by atoms with Crippen LogP contribution in [0.15, 0.2) is 35.6 Å². The Kier molecular flexibility index (Phi) is 7.11. The van der Waals surface area contributed by atoms with Gasteiger partial charge in [0.05, 0.1) is 17.6 Å². The van der Waals surface area contributed by atoms with Crippen molar-refractivity contribution in [3.05, 3.63) is 35.6 Å². The summed E-state index contributed by atoms with van der Waals surface area (Å²) in [6.07, 6.45) is 8.34. The van der Waals surface area contributed by atoms with Crippen LogP contribution in [-0.4, -0.2) is 63.0 Å². The van der Waals surface area contributed by atoms with Gasteiger partial charge in [-0.1, -0.05) is 32.4 Å². The van der Waals surface area contributed by atoms with E-state index in [1.54, 1.807) is 12.2 Å². The number of aliphatic hydroxyl groups is 3. The molecule has 0 unspecified atom stereocenters. The normalized spacial score (nSPS) is 45.2. The summed E-state index contributed by atoms with van der Waals surface area (Å²) in [7, 11) is 0. The summed E-state index contributed by atoms with van der Waals surface area (Å²) >= 11 is 0. The first-order chi connectivity index (χ1) is 18.1. The minimum Gasteiger partial charge on any atom is -0.507 e. The van der Waals surface area contributed by atoms with Crippen molar-refractivity contribution in [3.8, 4) is 0 Å². The maximum Gasteiger partial charge on any atom is 0.259 e. The molecular formula is C29H38N2O7. The fourth-order valence-corrected chi connectivity index (χ4v) is 8.22. The second kappa shape index (κ2) is 10.1. The average molecular weight is 527 g/mol. The van der Waals surface area contributed by atoms with Crippen molar-refractivity contribution in [2.45, 2.75) is 70.1 Å². The first-order valence-corrected chi connectivity index (χ1v) is 13.9. The molecule has 0 aromatic carbocycles. The number of ketones is 2. The molecule has 38 heavy (non-hydrogen) atoms. The molecule has 5 rings (SSSR count). The van der Waals surface area contributed by atoms with Gasteiger partial charge in [0.2, 0.25) is 5.91 Å². The number of fused-ring (bicyclic) bond motifs is 7. The Labute approximate surface area is 222 Å². The fourth-order valence-electron chi connectivity index (χ4n) is 8.22. The zero-order valence-electron chi connectivity index (χ0n) is 21.9. The van der Waals surface area contributed by atoms with E-state index in [1.807, 2.05) is 0 Å². The van der Waals surface area contributed by atoms with Crippen LogP contribution in [0.4, 0.5) is 0 Å². The van der Waals surface area contributed by atoms with Crippen LogP contribution >= 0.6 is 0 Å². The van der Waals surface area contributed by atoms with E-state index in [-0.39, 0.29) is 60.7 Å². The number of carbonyl (C=O) groups excluding carboxylic acids is 4. The van der Waals surface area contributed by atoms with Crippen molar-refractivity contribution in [1.82, 2.24) is 10.6 Å². The lowest BCUT2D eigenvalue weighted by Gasteiger charge is -2.44. The van der Waals surface area contributed by atoms with Crippen molar-refractivity contribution in [1.29, 1.82) is 0 Å². The SMILES string of the molecule is CC[C@H]1C[C@H]2C[C@H]3[C@@H]4C/C=C\C(=O)NCC[C@H](O)[C@@H]5NC(=O)C(=C(O)/C=C/[C@H]4CC(=O)[C@@H]3[C@@]2(O)[C@@H]1C)C5=O. The van der Waals surface area contributed by atoms with Crippen LogP contribution in [0.1, 0.15) is 52.4 Å². The minimum absolute atomic E-state index is 0.00986. The largest absolute Gasteiger partial charge is 0.507 e. The predicted molar refractivity (Wildman–Crippen MR) is 137 cm³/mol. The van der Waals surface area contributed by atoms with Crippen molar-refractivity contribution in [3.63, 3.8) is 0 Å². The van der Waals surface area contributed by atoms with Crippen LogP contribution in [0.3, 0.4) is 0 Å². The van der Waals surface area contributed by atoms with E-state index in [0.717, 1.165) is 19.3 Å². The van der Waals surface area contributed by atoms with Gasteiger partial charge in [-0.3, -0.25) is 19.2 Å². The molecule has 2 heterocycles. The van der Waals surface area contributed by atoms with Crippen LogP contribution in [0.25, 0.3) is 0 Å². The Hall–Kier alpha value is -2.78. The topological polar surface area (TPSA) is 153 Å². The Morgan fingerprint density at radius 1 is 1.11 bits per heavy atom. The van der Waals surface area contributed by atoms with Gasteiger partial charge in [0.15, 0.2) is 5.78 Å². The highest BCUT2D eigenvalue weighted by Crippen LogP contribution is 2.63. The smallest absolute Gasteiger partial charge is 0.259 e. The number of rotatable bonds is 1. The Morgan fingerprint density at radius 3 is 2.61 bits per heavy atom. The molecule has 2 amide bonds. The lowest BCUT2D eigenvalue weighted by atomic mass is 9.61. The number of Topliss-reactive ketones (excluding diaryl/α,β-unsaturated/α-hetero) is 2. The van der Waals surface area contributed by atoms with Crippen molar-refractivity contribution < 1.29 is 34.5 Å². The summed E-state index contributed by atoms with van der Waals surface area (Å²) in [5.74, 6) is -2.71. The number of amides is 2. The van der Waals surface area contributed by atoms with Gasteiger partial charge < -0.3 is 26.0 Å². The standard InChI is InChI=1S/C29H38N2O7/c1-3-15-11-17-13-19-18-5-4-6-23(35)30-10-9-21(33)26-27(36)24(28(37)31-26)20(32)8-7-16(18)12-22(34)25(19)29(17,38)14(15)2/h4,6-8,14-19,21,25-26,32-33,38H,3,5,9-13H2,1-2H3,(H,30,35)(H,31,37)/b6-4-,8-7+,24-20?/t14-,15+,16+,17+,18-,19+,21+,25-,26+,29-/m1/s1. The third kappa shape index (κ3) is 4.24. The van der Waals surface area contributed by atoms with Gasteiger partial charge in [0.25, 0.3) is 5.91 Å². The summed E-state index contributed by atoms with van der Waals surface area (Å²) in [5.41, 5.74) is -1.44. The van der Waals surface area contributed by atoms with Gasteiger partial charge in [-0.25, -0.2) is 0 Å². The van der Waals surface area contributed by atoms with Gasteiger partial charge in [-0.15, -0.1) is 0 Å². The lowest BCUT2D eigenvalue weighted by molar-refractivity contribution is -0.145. The van der Waals surface area contributed by atoms with Crippen LogP contribution in [0.2, 0.25) is 0 Å². The van der Waals surface area contributed by atoms with E-state index >= 15 is 0 Å². The molecule has 3 aliphatic carbocycles. The molecule has 0 radical (unpaired) electrons. The van der Waals surface area contributed by atoms with Crippen LogP contribution in [0, 0.1) is 41.4 Å². The van der Waals surface area contributed by atoms with E-state index in [4.69, 9.17) is 0 Å². The highest BCUT2D eigenvalue weighted by Gasteiger charge is 2.66. The third-order valence-electron chi connectivity index (χ3n) is 10.2. The zero-order chi connectivity index (χ0) is 27.4. The summed E-state index contributed by atoms with van der Waals surface area (Å²) in [5, 5.41) is 38.2. The number of nitrogens with one attached hydrogen (secondary N) is 2. The van der Waals surface area contributed by atoms with E-state index in [9.17, 15) is 34.5 Å². The molecule has 0 spiro atoms. The molecule has 0 aromatic rings. The molecule has 2 aliphatic heterocycles. The van der Waals surface area contributed by atoms with E-state index in [0.29, 0.717) is 12.3 Å². The second-order valence-electron chi connectivity index (χ2n) is 11.9. The van der Waals surface area contributed by atoms with Crippen molar-refractivity contribution >= 4 is 23.4 Å². The first-order valence-electron chi connectivity index (χ1n) is 13.9. The highest BCUT2D eigenvalue weighted by atomic mass is 16.3. The Bertz CT molecular complexity index is 1130. The molecule has 9 nitrogen and oxygen atoms in total. The third-order valence-corrected chi connectivity index (χ3v) is 10.2. The van der Waals surface area contributed by atoms with E-state index in [2.05, 4.69) is 24.5 Å². The van der Waals surface area contributed by atoms with Gasteiger partial charge in [0.1, 0.15) is 23.2 Å². The van der Waals surface area contributed by atoms with Gasteiger partial charge in [0, 0.05) is 13.0 Å². The van der Waals surface area contributed by atoms with Gasteiger partial charge >= 0.3 is 0 Å². The number of carbonyl (C=O) groups is 4. The molecule has 0 aromatic heterocycles. The summed E-state index contributed by atoms with van der Waals surface area (Å²) in [4.78, 5) is 51.3. The summed E-state index contributed by atoms with van der Waals surface area (Å²) in [6, 6.07) is -1.20. The Balaban J connectivity index is 1.50. The molecule has 1 saturated heterocycles.